The second kappa shape index (κ2) is 10.7. The molecule has 176 valence electrons. The summed E-state index contributed by atoms with van der Waals surface area (Å²) in [5, 5.41) is 0. The quantitative estimate of drug-likeness (QED) is 0.561. The number of hydrogen-bond donors (Lipinski definition) is 0. The van der Waals surface area contributed by atoms with Gasteiger partial charge in [-0.3, -0.25) is 4.79 Å². The number of carbonyl (C=O) groups excluding carboxylic acids is 2. The van der Waals surface area contributed by atoms with Crippen LogP contribution in [0.15, 0.2) is 60.2 Å². The number of hydrogen-bond acceptors (Lipinski definition) is 3. The lowest BCUT2D eigenvalue weighted by Crippen LogP contribution is -2.40. The molecule has 2 aromatic carbocycles. The molecule has 0 atom stereocenters. The summed E-state index contributed by atoms with van der Waals surface area (Å²) in [6.07, 6.45) is 1.34. The fourth-order valence-electron chi connectivity index (χ4n) is 4.19. The predicted octanol–water partition coefficient (Wildman–Crippen LogP) is 6.00. The molecule has 1 heterocycles. The van der Waals surface area contributed by atoms with Crippen molar-refractivity contribution in [1.29, 1.82) is 0 Å². The van der Waals surface area contributed by atoms with Gasteiger partial charge >= 0.3 is 6.09 Å². The van der Waals surface area contributed by atoms with Gasteiger partial charge in [0.05, 0.1) is 0 Å². The zero-order valence-electron chi connectivity index (χ0n) is 20.6. The number of likely N-dealkylation sites (tertiary alicyclic amines) is 1. The maximum Gasteiger partial charge on any atom is 0.410 e. The molecule has 2 amide bonds. The van der Waals surface area contributed by atoms with Crippen molar-refractivity contribution in [3.05, 3.63) is 76.9 Å². The molecular formula is C28H36N2O3. The highest BCUT2D eigenvalue weighted by molar-refractivity contribution is 5.95. The summed E-state index contributed by atoms with van der Waals surface area (Å²) < 4.78 is 5.55. The third-order valence-corrected chi connectivity index (χ3v) is 5.91. The standard InChI is InChI=1S/C28H36N2O3/c1-6-29(7-2)26(31)24-15-13-22(14-16-24)25(21-11-9-8-10-12-21)23-17-19-30(20-18-23)27(32)33-28(3,4)5/h8-16H,6-7,17-20H2,1-5H3/i26+2. The number of piperidine rings is 1. The molecule has 0 saturated carbocycles. The van der Waals surface area contributed by atoms with Crippen LogP contribution in [-0.4, -0.2) is 53.6 Å². The predicted molar refractivity (Wildman–Crippen MR) is 133 cm³/mol. The zero-order valence-corrected chi connectivity index (χ0v) is 20.6. The SMILES string of the molecule is CCN(CC)[14C](=O)c1ccc(C(=C2CCN(C(=O)OC(C)(C)C)CC2)c2ccccc2)cc1. The van der Waals surface area contributed by atoms with E-state index in [0.29, 0.717) is 31.7 Å². The summed E-state index contributed by atoms with van der Waals surface area (Å²) in [7, 11) is 0. The minimum Gasteiger partial charge on any atom is -0.444 e. The first-order valence-electron chi connectivity index (χ1n) is 11.9. The van der Waals surface area contributed by atoms with Crippen molar-refractivity contribution >= 4 is 17.6 Å². The highest BCUT2D eigenvalue weighted by Crippen LogP contribution is 2.33. The van der Waals surface area contributed by atoms with Gasteiger partial charge in [0, 0.05) is 31.7 Å². The smallest absolute Gasteiger partial charge is 0.410 e. The highest BCUT2D eigenvalue weighted by atomic mass is 16.6. The van der Waals surface area contributed by atoms with Gasteiger partial charge in [0.2, 0.25) is 0 Å². The Kier molecular flexibility index (Phi) is 7.96. The van der Waals surface area contributed by atoms with Crippen molar-refractivity contribution in [3.63, 3.8) is 0 Å². The first-order chi connectivity index (χ1) is 15.7. The molecule has 0 bridgehead atoms. The van der Waals surface area contributed by atoms with E-state index >= 15 is 0 Å². The molecule has 5 nitrogen and oxygen atoms in total. The van der Waals surface area contributed by atoms with E-state index in [1.165, 1.54) is 11.1 Å². The lowest BCUT2D eigenvalue weighted by molar-refractivity contribution is 0.0236. The second-order valence-corrected chi connectivity index (χ2v) is 9.37. The summed E-state index contributed by atoms with van der Waals surface area (Å²) in [6, 6.07) is 18.3. The molecule has 2 aromatic rings. The lowest BCUT2D eigenvalue weighted by atomic mass is 9.88. The minimum absolute atomic E-state index is 0.0612. The summed E-state index contributed by atoms with van der Waals surface area (Å²) in [6.45, 7) is 12.3. The van der Waals surface area contributed by atoms with E-state index in [1.54, 1.807) is 4.90 Å². The van der Waals surface area contributed by atoms with Crippen LogP contribution in [0.5, 0.6) is 0 Å². The van der Waals surface area contributed by atoms with Crippen LogP contribution < -0.4 is 0 Å². The van der Waals surface area contributed by atoms with E-state index in [4.69, 9.17) is 4.74 Å². The van der Waals surface area contributed by atoms with Crippen molar-refractivity contribution in [2.45, 2.75) is 53.1 Å². The molecule has 1 aliphatic heterocycles. The van der Waals surface area contributed by atoms with E-state index in [1.807, 2.05) is 82.0 Å². The van der Waals surface area contributed by atoms with Gasteiger partial charge < -0.3 is 14.5 Å². The zero-order chi connectivity index (χ0) is 24.0. The molecule has 0 aliphatic carbocycles. The Morgan fingerprint density at radius 1 is 0.939 bits per heavy atom. The average molecular weight is 451 g/mol. The summed E-state index contributed by atoms with van der Waals surface area (Å²) >= 11 is 0. The Hall–Kier alpha value is -3.08. The van der Waals surface area contributed by atoms with Crippen LogP contribution in [-0.2, 0) is 4.74 Å². The molecule has 0 aromatic heterocycles. The summed E-state index contributed by atoms with van der Waals surface area (Å²) in [5.74, 6) is 0.0612. The molecule has 1 saturated heterocycles. The first kappa shape index (κ1) is 24.6. The Bertz CT molecular complexity index is 974. The molecule has 1 fully saturated rings. The van der Waals surface area contributed by atoms with E-state index in [2.05, 4.69) is 12.1 Å². The van der Waals surface area contributed by atoms with Gasteiger partial charge in [-0.1, -0.05) is 48.0 Å². The Morgan fingerprint density at radius 3 is 2.00 bits per heavy atom. The first-order valence-corrected chi connectivity index (χ1v) is 11.9. The molecule has 33 heavy (non-hydrogen) atoms. The van der Waals surface area contributed by atoms with Crippen LogP contribution >= 0.6 is 0 Å². The van der Waals surface area contributed by atoms with Crippen LogP contribution in [0.4, 0.5) is 4.79 Å². The van der Waals surface area contributed by atoms with Gasteiger partial charge in [0.15, 0.2) is 0 Å². The normalized spacial score (nSPS) is 14.1. The van der Waals surface area contributed by atoms with E-state index in [-0.39, 0.29) is 12.0 Å². The molecule has 0 spiro atoms. The molecule has 3 rings (SSSR count). The number of nitrogens with zero attached hydrogens (tertiary/aromatic N) is 2. The molecule has 5 heteroatoms. The highest BCUT2D eigenvalue weighted by Gasteiger charge is 2.26. The van der Waals surface area contributed by atoms with Crippen LogP contribution in [0.3, 0.4) is 0 Å². The van der Waals surface area contributed by atoms with Crippen molar-refractivity contribution in [2.75, 3.05) is 26.2 Å². The number of benzene rings is 2. The van der Waals surface area contributed by atoms with Gasteiger partial charge in [0.1, 0.15) is 5.60 Å². The number of rotatable bonds is 5. The van der Waals surface area contributed by atoms with Crippen LogP contribution in [0, 0.1) is 0 Å². The molecule has 0 radical (unpaired) electrons. The van der Waals surface area contributed by atoms with Crippen molar-refractivity contribution in [3.8, 4) is 0 Å². The van der Waals surface area contributed by atoms with Gasteiger partial charge in [-0.2, -0.15) is 0 Å². The van der Waals surface area contributed by atoms with E-state index < -0.39 is 5.60 Å². The second-order valence-electron chi connectivity index (χ2n) is 9.37. The maximum absolute atomic E-state index is 12.7. The molecular weight excluding hydrogens is 414 g/mol. The third-order valence-electron chi connectivity index (χ3n) is 5.91. The van der Waals surface area contributed by atoms with Gasteiger partial charge in [-0.15, -0.1) is 0 Å². The average Bonchev–Trinajstić information content (AvgIpc) is 2.80. The molecule has 0 N–H and O–H groups in total. The van der Waals surface area contributed by atoms with Crippen molar-refractivity contribution in [2.24, 2.45) is 0 Å². The van der Waals surface area contributed by atoms with Gasteiger partial charge in [-0.25, -0.2) is 4.79 Å². The van der Waals surface area contributed by atoms with Crippen molar-refractivity contribution < 1.29 is 14.3 Å². The monoisotopic (exact) mass is 450 g/mol. The van der Waals surface area contributed by atoms with Crippen LogP contribution in [0.2, 0.25) is 0 Å². The number of amides is 2. The van der Waals surface area contributed by atoms with E-state index in [9.17, 15) is 9.59 Å². The third kappa shape index (κ3) is 6.25. The fourth-order valence-corrected chi connectivity index (χ4v) is 4.19. The Labute approximate surface area is 198 Å². The topological polar surface area (TPSA) is 49.9 Å². The maximum atomic E-state index is 12.7. The minimum atomic E-state index is -0.493. The number of ether oxygens (including phenoxy) is 1. The Balaban J connectivity index is 1.87. The van der Waals surface area contributed by atoms with Gasteiger partial charge in [0.25, 0.3) is 5.91 Å². The molecule has 1 aliphatic rings. The van der Waals surface area contributed by atoms with E-state index in [0.717, 1.165) is 24.0 Å². The number of carbonyl (C=O) groups is 2. The summed E-state index contributed by atoms with van der Waals surface area (Å²) in [5.41, 5.74) is 4.98. The largest absolute Gasteiger partial charge is 0.444 e. The molecule has 0 unspecified atom stereocenters. The Morgan fingerprint density at radius 2 is 1.48 bits per heavy atom. The van der Waals surface area contributed by atoms with Crippen LogP contribution in [0.1, 0.15) is 68.9 Å². The van der Waals surface area contributed by atoms with Crippen LogP contribution in [0.25, 0.3) is 5.57 Å². The summed E-state index contributed by atoms with van der Waals surface area (Å²) in [4.78, 5) is 28.8. The van der Waals surface area contributed by atoms with Crippen molar-refractivity contribution in [1.82, 2.24) is 9.80 Å². The lowest BCUT2D eigenvalue weighted by Gasteiger charge is -2.32. The fraction of sp³-hybridized carbons (Fsp3) is 0.429. The van der Waals surface area contributed by atoms with Gasteiger partial charge in [-0.05, 0) is 76.3 Å².